The van der Waals surface area contributed by atoms with E-state index < -0.39 is 0 Å². The molecule has 0 spiro atoms. The van der Waals surface area contributed by atoms with Gasteiger partial charge in [-0.2, -0.15) is 0 Å². The van der Waals surface area contributed by atoms with Crippen LogP contribution in [0.2, 0.25) is 0 Å². The number of aryl methyl sites for hydroxylation is 1. The summed E-state index contributed by atoms with van der Waals surface area (Å²) in [5.41, 5.74) is 9.58. The van der Waals surface area contributed by atoms with Gasteiger partial charge >= 0.3 is 0 Å². The van der Waals surface area contributed by atoms with Crippen LogP contribution in [0.3, 0.4) is 0 Å². The number of rotatable bonds is 2. The standard InChI is InChI=1S/C12H18N2/c1-2-14-12-5-3-4-9-6-7-10(13)8-11(9)12/h6-8,12,14H,2-5,13H2,1H3. The van der Waals surface area contributed by atoms with Gasteiger partial charge < -0.3 is 11.1 Å². The van der Waals surface area contributed by atoms with Crippen LogP contribution in [-0.4, -0.2) is 6.54 Å². The van der Waals surface area contributed by atoms with Crippen LogP contribution in [0.25, 0.3) is 0 Å². The fourth-order valence-corrected chi connectivity index (χ4v) is 2.28. The predicted octanol–water partition coefficient (Wildman–Crippen LogP) is 2.26. The minimum absolute atomic E-state index is 0.521. The lowest BCUT2D eigenvalue weighted by molar-refractivity contribution is 0.472. The van der Waals surface area contributed by atoms with Crippen molar-refractivity contribution >= 4 is 5.69 Å². The quantitative estimate of drug-likeness (QED) is 0.702. The molecule has 1 aromatic carbocycles. The first-order valence-corrected chi connectivity index (χ1v) is 5.43. The van der Waals surface area contributed by atoms with Crippen LogP contribution in [0.4, 0.5) is 5.69 Å². The van der Waals surface area contributed by atoms with E-state index in [4.69, 9.17) is 5.73 Å². The number of benzene rings is 1. The van der Waals surface area contributed by atoms with E-state index in [0.717, 1.165) is 12.2 Å². The van der Waals surface area contributed by atoms with Gasteiger partial charge in [-0.25, -0.2) is 0 Å². The van der Waals surface area contributed by atoms with Crippen LogP contribution in [0.1, 0.15) is 36.9 Å². The second kappa shape index (κ2) is 4.01. The molecule has 1 aromatic rings. The van der Waals surface area contributed by atoms with Crippen LogP contribution in [0.15, 0.2) is 18.2 Å². The van der Waals surface area contributed by atoms with E-state index >= 15 is 0 Å². The molecule has 14 heavy (non-hydrogen) atoms. The monoisotopic (exact) mass is 190 g/mol. The van der Waals surface area contributed by atoms with Crippen LogP contribution in [0, 0.1) is 0 Å². The van der Waals surface area contributed by atoms with Crippen molar-refractivity contribution in [1.29, 1.82) is 0 Å². The Morgan fingerprint density at radius 2 is 2.36 bits per heavy atom. The number of fused-ring (bicyclic) bond motifs is 1. The molecule has 0 aromatic heterocycles. The van der Waals surface area contributed by atoms with Gasteiger partial charge in [0.25, 0.3) is 0 Å². The molecule has 2 rings (SSSR count). The van der Waals surface area contributed by atoms with Crippen LogP contribution in [0.5, 0.6) is 0 Å². The summed E-state index contributed by atoms with van der Waals surface area (Å²) < 4.78 is 0. The molecule has 1 aliphatic rings. The molecule has 3 N–H and O–H groups in total. The van der Waals surface area contributed by atoms with Crippen molar-refractivity contribution in [2.45, 2.75) is 32.2 Å². The van der Waals surface area contributed by atoms with Gasteiger partial charge in [-0.1, -0.05) is 13.0 Å². The zero-order chi connectivity index (χ0) is 9.97. The molecule has 0 radical (unpaired) electrons. The summed E-state index contributed by atoms with van der Waals surface area (Å²) in [6.07, 6.45) is 3.73. The molecule has 0 aliphatic heterocycles. The molecule has 0 bridgehead atoms. The third kappa shape index (κ3) is 1.75. The first-order chi connectivity index (χ1) is 6.81. The Hall–Kier alpha value is -1.02. The SMILES string of the molecule is CCNC1CCCc2ccc(N)cc21. The number of hydrogen-bond donors (Lipinski definition) is 2. The maximum Gasteiger partial charge on any atom is 0.0323 e. The van der Waals surface area contributed by atoms with Gasteiger partial charge in [0.15, 0.2) is 0 Å². The van der Waals surface area contributed by atoms with Crippen molar-refractivity contribution in [3.63, 3.8) is 0 Å². The number of nitrogens with one attached hydrogen (secondary N) is 1. The second-order valence-corrected chi connectivity index (χ2v) is 3.96. The molecule has 1 unspecified atom stereocenters. The Labute approximate surface area is 85.5 Å². The smallest absolute Gasteiger partial charge is 0.0323 e. The summed E-state index contributed by atoms with van der Waals surface area (Å²) in [6, 6.07) is 6.83. The lowest BCUT2D eigenvalue weighted by Gasteiger charge is -2.26. The topological polar surface area (TPSA) is 38.0 Å². The highest BCUT2D eigenvalue weighted by Crippen LogP contribution is 2.30. The summed E-state index contributed by atoms with van der Waals surface area (Å²) in [5, 5.41) is 3.51. The van der Waals surface area contributed by atoms with Crippen molar-refractivity contribution in [2.24, 2.45) is 0 Å². The molecule has 0 saturated heterocycles. The Balaban J connectivity index is 2.32. The van der Waals surface area contributed by atoms with E-state index in [9.17, 15) is 0 Å². The van der Waals surface area contributed by atoms with Crippen LogP contribution in [-0.2, 0) is 6.42 Å². The maximum absolute atomic E-state index is 5.81. The van der Waals surface area contributed by atoms with Gasteiger partial charge in [-0.3, -0.25) is 0 Å². The molecule has 2 heteroatoms. The summed E-state index contributed by atoms with van der Waals surface area (Å²) >= 11 is 0. The lowest BCUT2D eigenvalue weighted by Crippen LogP contribution is -2.24. The summed E-state index contributed by atoms with van der Waals surface area (Å²) in [6.45, 7) is 3.18. The average Bonchev–Trinajstić information content (AvgIpc) is 2.19. The van der Waals surface area contributed by atoms with E-state index in [1.165, 1.54) is 30.4 Å². The largest absolute Gasteiger partial charge is 0.399 e. The Bertz CT molecular complexity index is 320. The Morgan fingerprint density at radius 1 is 1.50 bits per heavy atom. The van der Waals surface area contributed by atoms with Crippen molar-refractivity contribution in [3.8, 4) is 0 Å². The minimum Gasteiger partial charge on any atom is -0.399 e. The molecule has 0 amide bonds. The zero-order valence-electron chi connectivity index (χ0n) is 8.72. The van der Waals surface area contributed by atoms with Gasteiger partial charge in [-0.05, 0) is 49.1 Å². The van der Waals surface area contributed by atoms with E-state index in [2.05, 4.69) is 24.4 Å². The van der Waals surface area contributed by atoms with Gasteiger partial charge in [0.2, 0.25) is 0 Å². The normalized spacial score (nSPS) is 20.5. The first-order valence-electron chi connectivity index (χ1n) is 5.43. The fourth-order valence-electron chi connectivity index (χ4n) is 2.28. The molecular weight excluding hydrogens is 172 g/mol. The third-order valence-corrected chi connectivity index (χ3v) is 2.93. The van der Waals surface area contributed by atoms with Crippen molar-refractivity contribution in [3.05, 3.63) is 29.3 Å². The summed E-state index contributed by atoms with van der Waals surface area (Å²) in [4.78, 5) is 0. The zero-order valence-corrected chi connectivity index (χ0v) is 8.72. The van der Waals surface area contributed by atoms with Crippen LogP contribution >= 0.6 is 0 Å². The number of anilines is 1. The molecule has 1 aliphatic carbocycles. The molecule has 0 fully saturated rings. The van der Waals surface area contributed by atoms with E-state index in [1.807, 2.05) is 6.07 Å². The minimum atomic E-state index is 0.521. The Kier molecular flexibility index (Phi) is 2.73. The molecular formula is C12H18N2. The third-order valence-electron chi connectivity index (χ3n) is 2.93. The molecule has 1 atom stereocenters. The second-order valence-electron chi connectivity index (χ2n) is 3.96. The predicted molar refractivity (Wildman–Crippen MR) is 60.2 cm³/mol. The van der Waals surface area contributed by atoms with E-state index in [1.54, 1.807) is 0 Å². The fraction of sp³-hybridized carbons (Fsp3) is 0.500. The van der Waals surface area contributed by atoms with Gasteiger partial charge in [0, 0.05) is 11.7 Å². The van der Waals surface area contributed by atoms with E-state index in [0.29, 0.717) is 6.04 Å². The molecule has 2 nitrogen and oxygen atoms in total. The van der Waals surface area contributed by atoms with Crippen LogP contribution < -0.4 is 11.1 Å². The van der Waals surface area contributed by atoms with Gasteiger partial charge in [0.1, 0.15) is 0 Å². The summed E-state index contributed by atoms with van der Waals surface area (Å²) in [5.74, 6) is 0. The highest BCUT2D eigenvalue weighted by Gasteiger charge is 2.18. The van der Waals surface area contributed by atoms with Gasteiger partial charge in [0.05, 0.1) is 0 Å². The Morgan fingerprint density at radius 3 is 3.14 bits per heavy atom. The number of hydrogen-bond acceptors (Lipinski definition) is 2. The summed E-state index contributed by atoms with van der Waals surface area (Å²) in [7, 11) is 0. The van der Waals surface area contributed by atoms with Crippen molar-refractivity contribution < 1.29 is 0 Å². The lowest BCUT2D eigenvalue weighted by atomic mass is 9.87. The van der Waals surface area contributed by atoms with Crippen molar-refractivity contribution in [2.75, 3.05) is 12.3 Å². The van der Waals surface area contributed by atoms with Crippen molar-refractivity contribution in [1.82, 2.24) is 5.32 Å². The molecule has 0 heterocycles. The van der Waals surface area contributed by atoms with E-state index in [-0.39, 0.29) is 0 Å². The first kappa shape index (κ1) is 9.53. The maximum atomic E-state index is 5.81. The highest BCUT2D eigenvalue weighted by molar-refractivity contribution is 5.46. The number of nitrogens with two attached hydrogens (primary N) is 1. The average molecular weight is 190 g/mol. The number of nitrogen functional groups attached to an aromatic ring is 1. The highest BCUT2D eigenvalue weighted by atomic mass is 14.9. The molecule has 76 valence electrons. The van der Waals surface area contributed by atoms with Gasteiger partial charge in [-0.15, -0.1) is 0 Å². The molecule has 0 saturated carbocycles.